The molecule has 0 bridgehead atoms. The molecule has 1 aliphatic heterocycles. The van der Waals surface area contributed by atoms with Gasteiger partial charge >= 0.3 is 0 Å². The highest BCUT2D eigenvalue weighted by molar-refractivity contribution is 7.89. The maximum atomic E-state index is 12.5. The summed E-state index contributed by atoms with van der Waals surface area (Å²) < 4.78 is 27.1. The zero-order valence-electron chi connectivity index (χ0n) is 17.3. The topological polar surface area (TPSA) is 104 Å². The number of carbonyl (C=O) groups is 3. The fourth-order valence-electron chi connectivity index (χ4n) is 4.01. The molecule has 0 radical (unpaired) electrons. The number of piperazine rings is 1. The van der Waals surface area contributed by atoms with E-state index in [1.807, 2.05) is 4.90 Å². The summed E-state index contributed by atoms with van der Waals surface area (Å²) in [6.07, 6.45) is 4.23. The van der Waals surface area contributed by atoms with Gasteiger partial charge in [0.2, 0.25) is 21.8 Å². The van der Waals surface area contributed by atoms with Gasteiger partial charge in [-0.1, -0.05) is 25.0 Å². The predicted octanol–water partition coefficient (Wildman–Crippen LogP) is 1.42. The first-order valence-electron chi connectivity index (χ1n) is 10.4. The van der Waals surface area contributed by atoms with Crippen molar-refractivity contribution < 1.29 is 22.8 Å². The molecule has 9 heteroatoms. The number of rotatable bonds is 7. The number of hydrogen-bond donors (Lipinski definition) is 1. The van der Waals surface area contributed by atoms with Gasteiger partial charge in [0.1, 0.15) is 0 Å². The molecular weight excluding hydrogens is 406 g/mol. The number of nitrogens with zero attached hydrogens (tertiary/aromatic N) is 2. The Morgan fingerprint density at radius 3 is 2.10 bits per heavy atom. The summed E-state index contributed by atoms with van der Waals surface area (Å²) in [4.78, 5) is 39.8. The quantitative estimate of drug-likeness (QED) is 0.653. The molecule has 0 spiro atoms. The van der Waals surface area contributed by atoms with Gasteiger partial charge in [-0.2, -0.15) is 0 Å². The average molecular weight is 436 g/mol. The molecule has 0 atom stereocenters. The molecule has 30 heavy (non-hydrogen) atoms. The van der Waals surface area contributed by atoms with E-state index < -0.39 is 10.0 Å². The number of Topliss-reactive ketones (excluding diaryl/α,β-unsaturated/α-hetero) is 1. The van der Waals surface area contributed by atoms with E-state index in [1.54, 1.807) is 4.90 Å². The second kappa shape index (κ2) is 9.70. The molecule has 8 nitrogen and oxygen atoms in total. The van der Waals surface area contributed by atoms with Crippen molar-refractivity contribution in [3.8, 4) is 0 Å². The maximum absolute atomic E-state index is 12.5. The Bertz CT molecular complexity index is 884. The van der Waals surface area contributed by atoms with Gasteiger partial charge in [0.05, 0.1) is 4.90 Å². The molecule has 1 aliphatic carbocycles. The van der Waals surface area contributed by atoms with E-state index in [0.717, 1.165) is 25.7 Å². The molecule has 1 N–H and O–H groups in total. The lowest BCUT2D eigenvalue weighted by molar-refractivity contribution is -0.142. The minimum atomic E-state index is -3.74. The van der Waals surface area contributed by atoms with Crippen LogP contribution < -0.4 is 4.72 Å². The van der Waals surface area contributed by atoms with Crippen LogP contribution in [0, 0.1) is 5.92 Å². The van der Waals surface area contributed by atoms with Crippen molar-refractivity contribution in [3.05, 3.63) is 29.8 Å². The lowest BCUT2D eigenvalue weighted by Gasteiger charge is -2.36. The molecule has 1 heterocycles. The number of amides is 2. The van der Waals surface area contributed by atoms with Crippen LogP contribution in [0.5, 0.6) is 0 Å². The van der Waals surface area contributed by atoms with Crippen molar-refractivity contribution >= 4 is 27.6 Å². The van der Waals surface area contributed by atoms with Crippen molar-refractivity contribution in [3.63, 3.8) is 0 Å². The van der Waals surface area contributed by atoms with E-state index in [4.69, 9.17) is 0 Å². The van der Waals surface area contributed by atoms with Gasteiger partial charge in [-0.15, -0.1) is 0 Å². The Morgan fingerprint density at radius 2 is 1.53 bits per heavy atom. The largest absolute Gasteiger partial charge is 0.339 e. The maximum Gasteiger partial charge on any atom is 0.240 e. The van der Waals surface area contributed by atoms with Crippen molar-refractivity contribution in [2.45, 2.75) is 43.9 Å². The Kier molecular flexibility index (Phi) is 7.25. The van der Waals surface area contributed by atoms with Gasteiger partial charge in [-0.05, 0) is 31.9 Å². The lowest BCUT2D eigenvalue weighted by atomic mass is 10.1. The van der Waals surface area contributed by atoms with Crippen molar-refractivity contribution in [2.24, 2.45) is 5.92 Å². The van der Waals surface area contributed by atoms with Gasteiger partial charge < -0.3 is 9.80 Å². The van der Waals surface area contributed by atoms with E-state index in [1.165, 1.54) is 31.2 Å². The van der Waals surface area contributed by atoms with E-state index in [9.17, 15) is 22.8 Å². The highest BCUT2D eigenvalue weighted by Crippen LogP contribution is 2.27. The van der Waals surface area contributed by atoms with Crippen LogP contribution in [0.1, 0.15) is 49.4 Å². The number of hydrogen-bond acceptors (Lipinski definition) is 5. The van der Waals surface area contributed by atoms with Crippen LogP contribution in [0.2, 0.25) is 0 Å². The van der Waals surface area contributed by atoms with Crippen LogP contribution in [0.4, 0.5) is 0 Å². The van der Waals surface area contributed by atoms with E-state index in [-0.39, 0.29) is 41.4 Å². The number of nitrogens with one attached hydrogen (secondary N) is 1. The molecule has 164 valence electrons. The van der Waals surface area contributed by atoms with Crippen LogP contribution in [0.15, 0.2) is 29.2 Å². The fraction of sp³-hybridized carbons (Fsp3) is 0.571. The number of sulfonamides is 1. The minimum absolute atomic E-state index is 0.00313. The second-order valence-electron chi connectivity index (χ2n) is 7.92. The monoisotopic (exact) mass is 435 g/mol. The number of benzene rings is 1. The van der Waals surface area contributed by atoms with Gasteiger partial charge in [0, 0.05) is 50.6 Å². The highest BCUT2D eigenvalue weighted by Gasteiger charge is 2.30. The number of carbonyl (C=O) groups excluding carboxylic acids is 3. The fourth-order valence-corrected chi connectivity index (χ4v) is 5.04. The third-order valence-corrected chi connectivity index (χ3v) is 7.33. The van der Waals surface area contributed by atoms with Crippen LogP contribution in [0.25, 0.3) is 0 Å². The second-order valence-corrected chi connectivity index (χ2v) is 9.68. The normalized spacial score (nSPS) is 17.9. The Labute approximate surface area is 177 Å². The molecule has 2 aliphatic rings. The SMILES string of the molecule is CC(=O)c1ccc(S(=O)(=O)NCCC(=O)N2CCN(C(=O)C3CCCC3)CC2)cc1. The van der Waals surface area contributed by atoms with Crippen LogP contribution >= 0.6 is 0 Å². The molecule has 1 aromatic carbocycles. The molecule has 1 saturated carbocycles. The summed E-state index contributed by atoms with van der Waals surface area (Å²) in [6, 6.07) is 5.69. The summed E-state index contributed by atoms with van der Waals surface area (Å²) in [7, 11) is -3.74. The predicted molar refractivity (Wildman–Crippen MR) is 111 cm³/mol. The standard InChI is InChI=1S/C21H29N3O5S/c1-16(25)17-6-8-19(9-7-17)30(28,29)22-11-10-20(26)23-12-14-24(15-13-23)21(27)18-4-2-3-5-18/h6-9,18,22H,2-5,10-15H2,1H3. The molecule has 1 aromatic rings. The third-order valence-electron chi connectivity index (χ3n) is 5.85. The van der Waals surface area contributed by atoms with Crippen molar-refractivity contribution in [1.82, 2.24) is 14.5 Å². The van der Waals surface area contributed by atoms with Crippen LogP contribution in [-0.2, 0) is 19.6 Å². The van der Waals surface area contributed by atoms with E-state index in [0.29, 0.717) is 31.7 Å². The zero-order chi connectivity index (χ0) is 21.7. The summed E-state index contributed by atoms with van der Waals surface area (Å²) in [5.41, 5.74) is 0.440. The molecule has 0 unspecified atom stereocenters. The molecule has 1 saturated heterocycles. The smallest absolute Gasteiger partial charge is 0.240 e. The van der Waals surface area contributed by atoms with Crippen molar-refractivity contribution in [1.29, 1.82) is 0 Å². The molecule has 2 fully saturated rings. The highest BCUT2D eigenvalue weighted by atomic mass is 32.2. The lowest BCUT2D eigenvalue weighted by Crippen LogP contribution is -2.52. The first-order valence-corrected chi connectivity index (χ1v) is 11.9. The van der Waals surface area contributed by atoms with Gasteiger partial charge in [-0.25, -0.2) is 13.1 Å². The van der Waals surface area contributed by atoms with Gasteiger partial charge in [0.25, 0.3) is 0 Å². The van der Waals surface area contributed by atoms with E-state index in [2.05, 4.69) is 4.72 Å². The Morgan fingerprint density at radius 1 is 0.967 bits per heavy atom. The van der Waals surface area contributed by atoms with Crippen LogP contribution in [-0.4, -0.2) is 68.5 Å². The minimum Gasteiger partial charge on any atom is -0.339 e. The van der Waals surface area contributed by atoms with Crippen molar-refractivity contribution in [2.75, 3.05) is 32.7 Å². The van der Waals surface area contributed by atoms with Crippen LogP contribution in [0.3, 0.4) is 0 Å². The molecule has 2 amide bonds. The first-order chi connectivity index (χ1) is 14.3. The summed E-state index contributed by atoms with van der Waals surface area (Å²) >= 11 is 0. The Hall–Kier alpha value is -2.26. The van der Waals surface area contributed by atoms with Gasteiger partial charge in [0.15, 0.2) is 5.78 Å². The van der Waals surface area contributed by atoms with E-state index >= 15 is 0 Å². The Balaban J connectivity index is 1.43. The first kappa shape index (κ1) is 22.4. The number of ketones is 1. The third kappa shape index (κ3) is 5.46. The van der Waals surface area contributed by atoms with Gasteiger partial charge in [-0.3, -0.25) is 14.4 Å². The summed E-state index contributed by atoms with van der Waals surface area (Å²) in [5.74, 6) is 0.0921. The molecule has 3 rings (SSSR count). The summed E-state index contributed by atoms with van der Waals surface area (Å²) in [5, 5.41) is 0. The zero-order valence-corrected chi connectivity index (χ0v) is 18.1. The summed E-state index contributed by atoms with van der Waals surface area (Å²) in [6.45, 7) is 3.45. The molecular formula is C21H29N3O5S. The average Bonchev–Trinajstić information content (AvgIpc) is 3.28. The molecule has 0 aromatic heterocycles.